The fraction of sp³-hybridized carbons (Fsp3) is 0. The summed E-state index contributed by atoms with van der Waals surface area (Å²) >= 11 is 0. The molecule has 0 aliphatic heterocycles. The third-order valence-corrected chi connectivity index (χ3v) is 8.12. The zero-order valence-corrected chi connectivity index (χ0v) is 26.0. The first kappa shape index (κ1) is 30.7. The fourth-order valence-corrected chi connectivity index (χ4v) is 5.86. The van der Waals surface area contributed by atoms with Crippen LogP contribution in [-0.4, -0.2) is 29.9 Å². The predicted octanol–water partition coefficient (Wildman–Crippen LogP) is 7.55. The monoisotopic (exact) mass is 640 g/mol. The number of aromatic nitrogens is 6. The van der Waals surface area contributed by atoms with E-state index in [-0.39, 0.29) is 22.3 Å². The Morgan fingerprint density at radius 2 is 0.520 bits per heavy atom. The molecule has 0 aliphatic carbocycles. The minimum Gasteiger partial charge on any atom is -0.265 e. The van der Waals surface area contributed by atoms with Crippen molar-refractivity contribution in [3.8, 4) is 91.6 Å². The second kappa shape index (κ2) is 13.4. The maximum absolute atomic E-state index is 10.5. The van der Waals surface area contributed by atoms with Crippen LogP contribution in [-0.2, 0) is 0 Å². The highest BCUT2D eigenvalue weighted by atomic mass is 14.8. The van der Waals surface area contributed by atoms with Crippen LogP contribution in [0, 0.1) is 45.3 Å². The molecule has 1 aromatic carbocycles. The van der Waals surface area contributed by atoms with Gasteiger partial charge in [0.15, 0.2) is 0 Å². The quantitative estimate of drug-likeness (QED) is 0.177. The van der Waals surface area contributed by atoms with Crippen molar-refractivity contribution >= 4 is 0 Å². The van der Waals surface area contributed by atoms with Gasteiger partial charge in [-0.3, -0.25) is 19.9 Å². The second-order valence-electron chi connectivity index (χ2n) is 10.8. The van der Waals surface area contributed by atoms with Crippen LogP contribution >= 0.6 is 0 Å². The van der Waals surface area contributed by atoms with Gasteiger partial charge in [0.05, 0.1) is 45.0 Å². The number of benzene rings is 1. The van der Waals surface area contributed by atoms with Crippen LogP contribution in [0.4, 0.5) is 0 Å². The van der Waals surface area contributed by atoms with Crippen LogP contribution < -0.4 is 0 Å². The summed E-state index contributed by atoms with van der Waals surface area (Å²) in [5.74, 6) is 0. The summed E-state index contributed by atoms with van der Waals surface area (Å²) in [4.78, 5) is 26.1. The molecule has 0 saturated heterocycles. The Hall–Kier alpha value is -7.92. The SMILES string of the molecule is N#Cc1c(-c2ccncc2)nc(-c2ccncc2)c(C#N)c1-c1ccc(-c2c(C#N)c(-c3ccncc3)nc(-c3ccncc3)c2C#N)cc1. The largest absolute Gasteiger partial charge is 0.265 e. The van der Waals surface area contributed by atoms with Gasteiger partial charge in [0.1, 0.15) is 24.3 Å². The van der Waals surface area contributed by atoms with Crippen molar-refractivity contribution in [2.24, 2.45) is 0 Å². The zero-order valence-electron chi connectivity index (χ0n) is 26.0. The van der Waals surface area contributed by atoms with Gasteiger partial charge < -0.3 is 0 Å². The highest BCUT2D eigenvalue weighted by molar-refractivity contribution is 5.92. The van der Waals surface area contributed by atoms with Gasteiger partial charge in [0.25, 0.3) is 0 Å². The highest BCUT2D eigenvalue weighted by Crippen LogP contribution is 2.41. The first-order valence-electron chi connectivity index (χ1n) is 15.2. The van der Waals surface area contributed by atoms with Crippen LogP contribution in [0.3, 0.4) is 0 Å². The lowest BCUT2D eigenvalue weighted by Crippen LogP contribution is -2.03. The first-order chi connectivity index (χ1) is 24.7. The van der Waals surface area contributed by atoms with Crippen molar-refractivity contribution in [2.45, 2.75) is 0 Å². The predicted molar refractivity (Wildman–Crippen MR) is 185 cm³/mol. The lowest BCUT2D eigenvalue weighted by molar-refractivity contribution is 1.25. The molecular weight excluding hydrogens is 621 g/mol. The molecule has 50 heavy (non-hydrogen) atoms. The van der Waals surface area contributed by atoms with E-state index in [0.29, 0.717) is 67.3 Å². The molecule has 10 heteroatoms. The summed E-state index contributed by atoms with van der Waals surface area (Å²) in [6.45, 7) is 0. The molecule has 0 radical (unpaired) electrons. The van der Waals surface area contributed by atoms with Gasteiger partial charge in [0.2, 0.25) is 0 Å². The average molecular weight is 641 g/mol. The lowest BCUT2D eigenvalue weighted by Gasteiger charge is -2.17. The van der Waals surface area contributed by atoms with Crippen molar-refractivity contribution in [1.82, 2.24) is 29.9 Å². The standard InChI is InChI=1S/C40H20N10/c41-21-31-35(32(22-42)38(28-7-15-46-16-8-28)49-37(31)27-5-13-45-14-6-27)25-1-2-26(4-3-25)36-33(23-43)39(29-9-17-47-18-10-29)50-40(34(36)24-44)30-11-19-48-20-12-30/h1-20H. The summed E-state index contributed by atoms with van der Waals surface area (Å²) in [5, 5.41) is 42.1. The van der Waals surface area contributed by atoms with E-state index in [1.807, 2.05) is 0 Å². The molecule has 0 atom stereocenters. The molecule has 0 fully saturated rings. The number of nitrogens with zero attached hydrogens (tertiary/aromatic N) is 10. The Morgan fingerprint density at radius 3 is 0.720 bits per heavy atom. The van der Waals surface area contributed by atoms with E-state index in [4.69, 9.17) is 9.97 Å². The summed E-state index contributed by atoms with van der Waals surface area (Å²) in [5.41, 5.74) is 7.08. The number of hydrogen-bond acceptors (Lipinski definition) is 10. The first-order valence-corrected chi connectivity index (χ1v) is 15.2. The second-order valence-corrected chi connectivity index (χ2v) is 10.8. The van der Waals surface area contributed by atoms with Crippen LogP contribution in [0.15, 0.2) is 122 Å². The number of hydrogen-bond donors (Lipinski definition) is 0. The molecule has 0 N–H and O–H groups in total. The molecule has 6 aromatic heterocycles. The number of nitriles is 4. The smallest absolute Gasteiger partial charge is 0.102 e. The van der Waals surface area contributed by atoms with Gasteiger partial charge in [-0.2, -0.15) is 21.0 Å². The van der Waals surface area contributed by atoms with Gasteiger partial charge in [-0.25, -0.2) is 9.97 Å². The Balaban J connectivity index is 1.49. The van der Waals surface area contributed by atoms with E-state index >= 15 is 0 Å². The molecule has 10 nitrogen and oxygen atoms in total. The molecule has 0 aliphatic rings. The summed E-state index contributed by atoms with van der Waals surface area (Å²) in [7, 11) is 0. The maximum atomic E-state index is 10.5. The van der Waals surface area contributed by atoms with Crippen molar-refractivity contribution in [3.63, 3.8) is 0 Å². The van der Waals surface area contributed by atoms with E-state index < -0.39 is 0 Å². The third kappa shape index (κ3) is 5.44. The zero-order chi connectivity index (χ0) is 34.5. The summed E-state index contributed by atoms with van der Waals surface area (Å²) in [6, 6.07) is 30.4. The van der Waals surface area contributed by atoms with Crippen molar-refractivity contribution in [3.05, 3.63) is 145 Å². The molecular formula is C40H20N10. The summed E-state index contributed by atoms with van der Waals surface area (Å²) in [6.07, 6.45) is 12.9. The third-order valence-electron chi connectivity index (χ3n) is 8.12. The number of rotatable bonds is 6. The lowest BCUT2D eigenvalue weighted by atomic mass is 9.87. The average Bonchev–Trinajstić information content (AvgIpc) is 3.20. The molecule has 0 unspecified atom stereocenters. The van der Waals surface area contributed by atoms with Gasteiger partial charge in [-0.15, -0.1) is 0 Å². The van der Waals surface area contributed by atoms with E-state index in [2.05, 4.69) is 44.2 Å². The van der Waals surface area contributed by atoms with Crippen molar-refractivity contribution in [1.29, 1.82) is 21.0 Å². The molecule has 230 valence electrons. The molecule has 0 amide bonds. The molecule has 0 spiro atoms. The molecule has 6 heterocycles. The Bertz CT molecular complexity index is 2210. The molecule has 7 rings (SSSR count). The Kier molecular flexibility index (Phi) is 8.26. The van der Waals surface area contributed by atoms with E-state index in [1.54, 1.807) is 122 Å². The van der Waals surface area contributed by atoms with Gasteiger partial charge in [0, 0.05) is 83.0 Å². The van der Waals surface area contributed by atoms with E-state index in [9.17, 15) is 21.0 Å². The van der Waals surface area contributed by atoms with Crippen molar-refractivity contribution < 1.29 is 0 Å². The number of pyridine rings is 6. The minimum atomic E-state index is 0.220. The Labute approximate surface area is 286 Å². The normalized spacial score (nSPS) is 10.3. The fourth-order valence-electron chi connectivity index (χ4n) is 5.86. The van der Waals surface area contributed by atoms with Crippen LogP contribution in [0.1, 0.15) is 22.3 Å². The van der Waals surface area contributed by atoms with E-state index in [0.717, 1.165) is 0 Å². The molecule has 0 saturated carbocycles. The highest BCUT2D eigenvalue weighted by Gasteiger charge is 2.26. The van der Waals surface area contributed by atoms with Gasteiger partial charge >= 0.3 is 0 Å². The summed E-state index contributed by atoms with van der Waals surface area (Å²) < 4.78 is 0. The molecule has 7 aromatic rings. The maximum Gasteiger partial charge on any atom is 0.102 e. The van der Waals surface area contributed by atoms with Gasteiger partial charge in [-0.1, -0.05) is 24.3 Å². The Morgan fingerprint density at radius 1 is 0.300 bits per heavy atom. The van der Waals surface area contributed by atoms with Crippen LogP contribution in [0.2, 0.25) is 0 Å². The van der Waals surface area contributed by atoms with Crippen LogP contribution in [0.5, 0.6) is 0 Å². The topological polar surface area (TPSA) is 172 Å². The molecule has 0 bridgehead atoms. The van der Waals surface area contributed by atoms with Crippen molar-refractivity contribution in [2.75, 3.05) is 0 Å². The van der Waals surface area contributed by atoms with Gasteiger partial charge in [-0.05, 0) is 59.7 Å². The van der Waals surface area contributed by atoms with E-state index in [1.165, 1.54) is 0 Å². The minimum absolute atomic E-state index is 0.220. The van der Waals surface area contributed by atoms with Crippen LogP contribution in [0.25, 0.3) is 67.3 Å².